The van der Waals surface area contributed by atoms with Gasteiger partial charge in [-0.05, 0) is 27.2 Å². The van der Waals surface area contributed by atoms with Crippen LogP contribution in [0.3, 0.4) is 0 Å². The number of imidazole rings is 1. The molecule has 0 saturated carbocycles. The Kier molecular flexibility index (Phi) is 9.56. The van der Waals surface area contributed by atoms with E-state index in [1.54, 1.807) is 18.4 Å². The average molecular weight is 764 g/mol. The third-order valence-electron chi connectivity index (χ3n) is 6.59. The monoisotopic (exact) mass is 764 g/mol. The topological polar surface area (TPSA) is 171 Å². The predicted molar refractivity (Wildman–Crippen MR) is 153 cm³/mol. The van der Waals surface area contributed by atoms with Crippen molar-refractivity contribution in [2.24, 2.45) is 5.22 Å². The number of nitrogens with zero attached hydrogens (tertiary/aromatic N) is 4. The number of amidine groups is 1. The molecule has 0 unspecified atom stereocenters. The average Bonchev–Trinajstić information content (AvgIpc) is 3.49. The molecule has 13 heteroatoms. The number of hydrogen-bond acceptors (Lipinski definition) is 10. The molecule has 2 aromatic heterocycles. The summed E-state index contributed by atoms with van der Waals surface area (Å²) in [5.74, 6) is -0.479. The van der Waals surface area contributed by atoms with Gasteiger partial charge in [0.25, 0.3) is 0 Å². The molecule has 0 aliphatic carbocycles. The van der Waals surface area contributed by atoms with Gasteiger partial charge in [-0.15, -0.1) is 0 Å². The standard InChI is InChI=1S/C29H31N6O6.Tl/c1-5-8-23-32-25(29(3,4)38)24(27(36)39-16-22-17(2)40-28(37)41-22)35(23)15-18-11-13-19(14-12-18)20-9-6-7-10-21(20)26(30)33-34-31;/h6-7,9-14,38H,5,8,15-16H2,1-4H3,(H2-,30,31,33);/q-1;+1. The number of rotatable bonds is 11. The Bertz CT molecular complexity index is 1660. The summed E-state index contributed by atoms with van der Waals surface area (Å²) in [6, 6.07) is 15.2. The van der Waals surface area contributed by atoms with E-state index in [0.29, 0.717) is 17.8 Å². The van der Waals surface area contributed by atoms with E-state index in [1.807, 2.05) is 55.5 Å². The van der Waals surface area contributed by atoms with Crippen LogP contribution in [-0.4, -0.2) is 55.3 Å². The summed E-state index contributed by atoms with van der Waals surface area (Å²) in [5.41, 5.74) is 9.44. The fraction of sp³-hybridized carbons (Fsp3) is 0.310. The molecule has 0 radical (unpaired) electrons. The van der Waals surface area contributed by atoms with Gasteiger partial charge in [0.05, 0.1) is 0 Å². The molecule has 0 atom stereocenters. The van der Waals surface area contributed by atoms with Gasteiger partial charge in [0.2, 0.25) is 0 Å². The van der Waals surface area contributed by atoms with E-state index in [-0.39, 0.29) is 68.0 Å². The molecule has 0 saturated heterocycles. The van der Waals surface area contributed by atoms with E-state index in [0.717, 1.165) is 23.1 Å². The molecule has 12 nitrogen and oxygen atoms in total. The van der Waals surface area contributed by atoms with E-state index < -0.39 is 17.4 Å². The predicted octanol–water partition coefficient (Wildman–Crippen LogP) is 4.65. The number of aliphatic hydroxyl groups is 1. The van der Waals surface area contributed by atoms with Crippen LogP contribution in [0.25, 0.3) is 11.1 Å². The van der Waals surface area contributed by atoms with Crippen LogP contribution < -0.4 is 5.82 Å². The zero-order chi connectivity index (χ0) is 30.6. The first-order valence-corrected chi connectivity index (χ1v) is 15.2. The molecule has 0 aliphatic rings. The quantitative estimate of drug-likeness (QED) is 0.0495. The van der Waals surface area contributed by atoms with E-state index in [1.165, 1.54) is 9.74 Å². The Morgan fingerprint density at radius 1 is 1.19 bits per heavy atom. The van der Waals surface area contributed by atoms with Crippen molar-refractivity contribution in [3.05, 3.63) is 99.0 Å². The minimum atomic E-state index is -1.43. The summed E-state index contributed by atoms with van der Waals surface area (Å²) in [6.07, 6.45) is 1.33. The molecule has 0 spiro atoms. The van der Waals surface area contributed by atoms with Gasteiger partial charge in [-0.2, -0.15) is 0 Å². The fourth-order valence-electron chi connectivity index (χ4n) is 4.51. The third-order valence-corrected chi connectivity index (χ3v) is 8.04. The van der Waals surface area contributed by atoms with Crippen molar-refractivity contribution in [3.8, 4) is 11.1 Å². The van der Waals surface area contributed by atoms with E-state index in [4.69, 9.17) is 24.5 Å². The van der Waals surface area contributed by atoms with Crippen molar-refractivity contribution in [2.45, 2.75) is 59.3 Å². The number of carbonyl (C=O) groups excluding carboxylic acids is 1. The van der Waals surface area contributed by atoms with Crippen molar-refractivity contribution >= 4 is 37.9 Å². The van der Waals surface area contributed by atoms with Gasteiger partial charge < -0.3 is 18.7 Å². The van der Waals surface area contributed by atoms with Crippen molar-refractivity contribution < 1.29 is 23.5 Å². The molecular formula is C29H31N6O6Tl. The Balaban J connectivity index is 1.69. The van der Waals surface area contributed by atoms with Crippen LogP contribution in [0.2, 0.25) is 0 Å². The van der Waals surface area contributed by atoms with Gasteiger partial charge in [0.1, 0.15) is 5.60 Å². The molecule has 4 rings (SSSR count). The molecule has 42 heavy (non-hydrogen) atoms. The Morgan fingerprint density at radius 3 is 2.48 bits per heavy atom. The molecule has 0 amide bonds. The van der Waals surface area contributed by atoms with Crippen LogP contribution in [-0.2, 0) is 29.9 Å². The molecule has 2 heterocycles. The summed E-state index contributed by atoms with van der Waals surface area (Å²) >= 11 is 0.180. The Labute approximate surface area is 258 Å². The molecule has 216 valence electrons. The summed E-state index contributed by atoms with van der Waals surface area (Å²) in [6.45, 7) is 6.63. The van der Waals surface area contributed by atoms with Crippen molar-refractivity contribution in [1.29, 1.82) is 10.9 Å². The number of benzene rings is 2. The molecule has 3 N–H and O–H groups in total. The van der Waals surface area contributed by atoms with Crippen LogP contribution in [0.4, 0.5) is 0 Å². The van der Waals surface area contributed by atoms with E-state index in [9.17, 15) is 14.7 Å². The first-order valence-electron chi connectivity index (χ1n) is 13.2. The number of ether oxygens (including phenoxy) is 1. The summed E-state index contributed by atoms with van der Waals surface area (Å²) in [5, 5.41) is 22.8. The normalized spacial score (nSPS) is 11.3. The number of carbonyl (C=O) groups is 1. The van der Waals surface area contributed by atoms with Gasteiger partial charge in [0.15, 0.2) is 18.1 Å². The van der Waals surface area contributed by atoms with Crippen LogP contribution in [0.15, 0.2) is 67.4 Å². The molecule has 0 fully saturated rings. The number of aryl methyl sites for hydroxylation is 2. The fourth-order valence-corrected chi connectivity index (χ4v) is 5.05. The van der Waals surface area contributed by atoms with Gasteiger partial charge in [-0.25, -0.2) is 9.59 Å². The summed E-state index contributed by atoms with van der Waals surface area (Å²) in [7, 11) is 0. The van der Waals surface area contributed by atoms with Crippen molar-refractivity contribution in [2.75, 3.05) is 0 Å². The second-order valence-electron chi connectivity index (χ2n) is 10.2. The van der Waals surface area contributed by atoms with E-state index >= 15 is 0 Å². The Hall–Kier alpha value is -3.92. The zero-order valence-electron chi connectivity index (χ0n) is 23.8. The molecule has 4 aromatic rings. The molecule has 0 bridgehead atoms. The maximum atomic E-state index is 13.5. The van der Waals surface area contributed by atoms with Gasteiger partial charge in [0, 0.05) is 0 Å². The van der Waals surface area contributed by atoms with Crippen LogP contribution in [0.1, 0.15) is 71.8 Å². The minimum absolute atomic E-state index is 0.104. The van der Waals surface area contributed by atoms with E-state index in [2.05, 4.69) is 10.2 Å². The molecular weight excluding hydrogens is 733 g/mol. The zero-order valence-corrected chi connectivity index (χ0v) is 28.3. The number of aromatic nitrogens is 2. The maximum absolute atomic E-state index is 13.5. The summed E-state index contributed by atoms with van der Waals surface area (Å²) in [4.78, 5) is 29.5. The van der Waals surface area contributed by atoms with Crippen molar-refractivity contribution in [1.82, 2.24) is 12.4 Å². The first kappa shape index (κ1) is 31.0. The summed E-state index contributed by atoms with van der Waals surface area (Å²) < 4.78 is 18.4. The molecule has 0 aliphatic heterocycles. The van der Waals surface area contributed by atoms with Gasteiger partial charge in [-0.3, -0.25) is 0 Å². The number of hydrogen-bond donors (Lipinski definition) is 3. The van der Waals surface area contributed by atoms with Crippen molar-refractivity contribution in [3.63, 3.8) is 0 Å². The third kappa shape index (κ3) is 6.75. The first-order chi connectivity index (χ1) is 19.9. The van der Waals surface area contributed by atoms with Crippen LogP contribution in [0.5, 0.6) is 0 Å². The molecule has 2 aromatic carbocycles. The Morgan fingerprint density at radius 2 is 1.88 bits per heavy atom. The SMILES string of the molecule is CCCc1nc(C(C)(C)O)c(C(=O)OCc2oc(=O)oc2C)n1Cc1ccc(-c2ccccc2C(=N)[N]([Tl])N=N)cc1. The van der Waals surface area contributed by atoms with Gasteiger partial charge in [-0.1, -0.05) is 6.92 Å². The van der Waals surface area contributed by atoms with Crippen LogP contribution >= 0.6 is 0 Å². The number of esters is 1. The second-order valence-corrected chi connectivity index (χ2v) is 12.1. The van der Waals surface area contributed by atoms with Gasteiger partial charge >= 0.3 is 173 Å². The number of nitrogens with one attached hydrogen (secondary N) is 2. The van der Waals surface area contributed by atoms with Crippen LogP contribution in [0, 0.1) is 17.9 Å². The second kappa shape index (κ2) is 12.9.